The number of aromatic nitrogens is 2. The molecule has 0 bridgehead atoms. The van der Waals surface area contributed by atoms with Gasteiger partial charge in [0.2, 0.25) is 0 Å². The Labute approximate surface area is 53.7 Å². The number of hydrogen-bond donors (Lipinski definition) is 2. The molecule has 44 valence electrons. The number of aromatic amines is 1. The zero-order chi connectivity index (χ0) is 5.98. The number of nitrogens with one attached hydrogen (secondary N) is 1. The predicted octanol–water partition coefficient (Wildman–Crippen LogP) is 1.26. The molecule has 0 aliphatic heterocycles. The van der Waals surface area contributed by atoms with E-state index in [0.717, 1.165) is 17.0 Å². The first-order valence-electron chi connectivity index (χ1n) is 2.55. The minimum Gasteiger partial charge on any atom is -0.281 e. The molecule has 3 heteroatoms. The van der Waals surface area contributed by atoms with Crippen molar-refractivity contribution in [3.05, 3.63) is 11.9 Å². The highest BCUT2D eigenvalue weighted by atomic mass is 32.1. The Morgan fingerprint density at radius 3 is 2.88 bits per heavy atom. The van der Waals surface area contributed by atoms with Crippen molar-refractivity contribution in [1.29, 1.82) is 0 Å². The molecule has 0 spiro atoms. The molecule has 0 aliphatic carbocycles. The van der Waals surface area contributed by atoms with E-state index in [1.807, 2.05) is 0 Å². The third-order valence-electron chi connectivity index (χ3n) is 1.05. The van der Waals surface area contributed by atoms with Crippen LogP contribution in [0.2, 0.25) is 0 Å². The van der Waals surface area contributed by atoms with Gasteiger partial charge in [-0.05, 0) is 6.42 Å². The van der Waals surface area contributed by atoms with Gasteiger partial charge >= 0.3 is 0 Å². The summed E-state index contributed by atoms with van der Waals surface area (Å²) in [5.74, 6) is 0. The molecule has 8 heavy (non-hydrogen) atoms. The third kappa shape index (κ3) is 0.865. The molecule has 0 aromatic carbocycles. The molecule has 0 fully saturated rings. The Morgan fingerprint density at radius 1 is 1.88 bits per heavy atom. The third-order valence-corrected chi connectivity index (χ3v) is 1.43. The van der Waals surface area contributed by atoms with Gasteiger partial charge in [0.1, 0.15) is 0 Å². The van der Waals surface area contributed by atoms with Crippen molar-refractivity contribution in [2.45, 2.75) is 18.2 Å². The zero-order valence-corrected chi connectivity index (χ0v) is 5.57. The fourth-order valence-electron chi connectivity index (χ4n) is 0.567. The van der Waals surface area contributed by atoms with Gasteiger partial charge in [0.15, 0.2) is 0 Å². The number of thiol groups is 1. The van der Waals surface area contributed by atoms with E-state index in [0.29, 0.717) is 0 Å². The summed E-state index contributed by atoms with van der Waals surface area (Å²) in [5.41, 5.74) is 1.10. The molecule has 0 aliphatic rings. The van der Waals surface area contributed by atoms with Gasteiger partial charge < -0.3 is 0 Å². The van der Waals surface area contributed by atoms with E-state index >= 15 is 0 Å². The quantitative estimate of drug-likeness (QED) is 0.548. The summed E-state index contributed by atoms with van der Waals surface area (Å²) >= 11 is 4.14. The SMILES string of the molecule is CCc1[nH]ncc1S. The van der Waals surface area contributed by atoms with Crippen LogP contribution in [0.5, 0.6) is 0 Å². The van der Waals surface area contributed by atoms with Crippen LogP contribution in [0, 0.1) is 0 Å². The average Bonchev–Trinajstić information content (AvgIpc) is 2.14. The Bertz CT molecular complexity index is 171. The van der Waals surface area contributed by atoms with Crippen molar-refractivity contribution in [1.82, 2.24) is 10.2 Å². The van der Waals surface area contributed by atoms with Crippen LogP contribution in [0.3, 0.4) is 0 Å². The molecular formula is C5H8N2S. The van der Waals surface area contributed by atoms with Crippen LogP contribution in [-0.4, -0.2) is 10.2 Å². The highest BCUT2D eigenvalue weighted by molar-refractivity contribution is 7.80. The van der Waals surface area contributed by atoms with Crippen LogP contribution >= 0.6 is 12.6 Å². The lowest BCUT2D eigenvalue weighted by molar-refractivity contribution is 0.961. The second kappa shape index (κ2) is 2.22. The maximum Gasteiger partial charge on any atom is 0.0623 e. The molecule has 1 aromatic rings. The lowest BCUT2D eigenvalue weighted by Crippen LogP contribution is -1.78. The van der Waals surface area contributed by atoms with Crippen molar-refractivity contribution < 1.29 is 0 Å². The van der Waals surface area contributed by atoms with Crippen molar-refractivity contribution in [3.8, 4) is 0 Å². The summed E-state index contributed by atoms with van der Waals surface area (Å²) < 4.78 is 0. The van der Waals surface area contributed by atoms with E-state index in [9.17, 15) is 0 Å². The first kappa shape index (κ1) is 5.69. The monoisotopic (exact) mass is 128 g/mol. The number of nitrogens with zero attached hydrogens (tertiary/aromatic N) is 1. The Morgan fingerprint density at radius 2 is 2.62 bits per heavy atom. The van der Waals surface area contributed by atoms with E-state index in [-0.39, 0.29) is 0 Å². The minimum absolute atomic E-state index is 0.951. The molecule has 0 saturated carbocycles. The number of H-pyrrole nitrogens is 1. The van der Waals surface area contributed by atoms with Crippen LogP contribution in [-0.2, 0) is 6.42 Å². The highest BCUT2D eigenvalue weighted by Gasteiger charge is 1.94. The van der Waals surface area contributed by atoms with E-state index in [2.05, 4.69) is 29.7 Å². The molecule has 0 unspecified atom stereocenters. The minimum atomic E-state index is 0.951. The van der Waals surface area contributed by atoms with Crippen LogP contribution in [0.4, 0.5) is 0 Å². The lowest BCUT2D eigenvalue weighted by atomic mass is 10.3. The van der Waals surface area contributed by atoms with Crippen LogP contribution in [0.1, 0.15) is 12.6 Å². The average molecular weight is 128 g/mol. The number of aryl methyl sites for hydroxylation is 1. The fraction of sp³-hybridized carbons (Fsp3) is 0.400. The smallest absolute Gasteiger partial charge is 0.0623 e. The number of rotatable bonds is 1. The summed E-state index contributed by atoms with van der Waals surface area (Å²) in [6.07, 6.45) is 2.68. The Hall–Kier alpha value is -0.440. The second-order valence-corrected chi connectivity index (χ2v) is 2.07. The van der Waals surface area contributed by atoms with Gasteiger partial charge in [-0.15, -0.1) is 12.6 Å². The Kier molecular flexibility index (Phi) is 1.58. The maximum absolute atomic E-state index is 4.14. The van der Waals surface area contributed by atoms with Gasteiger partial charge in [-0.3, -0.25) is 5.10 Å². The van der Waals surface area contributed by atoms with E-state index in [1.54, 1.807) is 6.20 Å². The van der Waals surface area contributed by atoms with Crippen LogP contribution in [0.25, 0.3) is 0 Å². The van der Waals surface area contributed by atoms with Gasteiger partial charge in [-0.25, -0.2) is 0 Å². The van der Waals surface area contributed by atoms with E-state index in [4.69, 9.17) is 0 Å². The molecule has 0 amide bonds. The second-order valence-electron chi connectivity index (χ2n) is 1.59. The molecule has 1 heterocycles. The molecule has 0 saturated heterocycles. The molecular weight excluding hydrogens is 120 g/mol. The standard InChI is InChI=1S/C5H8N2S/c1-2-4-5(8)3-6-7-4/h3,8H,2H2,1H3,(H,6,7). The summed E-state index contributed by atoms with van der Waals surface area (Å²) in [6, 6.07) is 0. The van der Waals surface area contributed by atoms with Crippen molar-refractivity contribution >= 4 is 12.6 Å². The van der Waals surface area contributed by atoms with Gasteiger partial charge in [0.05, 0.1) is 6.20 Å². The normalized spacial score (nSPS) is 9.75. The summed E-state index contributed by atoms with van der Waals surface area (Å²) in [5, 5.41) is 6.62. The largest absolute Gasteiger partial charge is 0.281 e. The molecule has 1 aromatic heterocycles. The van der Waals surface area contributed by atoms with Crippen molar-refractivity contribution in [2.24, 2.45) is 0 Å². The summed E-state index contributed by atoms with van der Waals surface area (Å²) in [7, 11) is 0. The molecule has 2 nitrogen and oxygen atoms in total. The molecule has 1 N–H and O–H groups in total. The van der Waals surface area contributed by atoms with Gasteiger partial charge in [-0.2, -0.15) is 5.10 Å². The number of hydrogen-bond acceptors (Lipinski definition) is 2. The maximum atomic E-state index is 4.14. The van der Waals surface area contributed by atoms with Crippen molar-refractivity contribution in [2.75, 3.05) is 0 Å². The topological polar surface area (TPSA) is 28.7 Å². The molecule has 1 rings (SSSR count). The first-order valence-corrected chi connectivity index (χ1v) is 3.00. The van der Waals surface area contributed by atoms with E-state index in [1.165, 1.54) is 0 Å². The summed E-state index contributed by atoms with van der Waals surface area (Å²) in [4.78, 5) is 0.951. The first-order chi connectivity index (χ1) is 3.84. The zero-order valence-electron chi connectivity index (χ0n) is 4.68. The predicted molar refractivity (Wildman–Crippen MR) is 35.2 cm³/mol. The van der Waals surface area contributed by atoms with Crippen LogP contribution in [0.15, 0.2) is 11.1 Å². The van der Waals surface area contributed by atoms with E-state index < -0.39 is 0 Å². The molecule has 0 radical (unpaired) electrons. The summed E-state index contributed by atoms with van der Waals surface area (Å²) in [6.45, 7) is 2.06. The van der Waals surface area contributed by atoms with Gasteiger partial charge in [-0.1, -0.05) is 6.92 Å². The highest BCUT2D eigenvalue weighted by Crippen LogP contribution is 2.08. The van der Waals surface area contributed by atoms with Crippen molar-refractivity contribution in [3.63, 3.8) is 0 Å². The molecule has 0 atom stereocenters. The Balaban J connectivity index is 2.92. The lowest BCUT2D eigenvalue weighted by Gasteiger charge is -1.86. The van der Waals surface area contributed by atoms with Crippen LogP contribution < -0.4 is 0 Å². The fourth-order valence-corrected chi connectivity index (χ4v) is 0.833. The van der Waals surface area contributed by atoms with Gasteiger partial charge in [0, 0.05) is 10.6 Å². The van der Waals surface area contributed by atoms with Gasteiger partial charge in [0.25, 0.3) is 0 Å².